The zero-order valence-electron chi connectivity index (χ0n) is 15.9. The molecule has 0 saturated heterocycles. The SMILES string of the molecule is O=C1C=C(COC(c2ccccc2)(c2ccccc2)c2ccccc2)CCC1. The summed E-state index contributed by atoms with van der Waals surface area (Å²) in [5.74, 6) is 0.203. The van der Waals surface area contributed by atoms with E-state index in [9.17, 15) is 4.79 Å². The van der Waals surface area contributed by atoms with Crippen LogP contribution in [-0.4, -0.2) is 12.4 Å². The Labute approximate surface area is 166 Å². The van der Waals surface area contributed by atoms with Crippen molar-refractivity contribution < 1.29 is 9.53 Å². The number of allylic oxidation sites excluding steroid dienone is 1. The minimum Gasteiger partial charge on any atom is -0.356 e. The lowest BCUT2D eigenvalue weighted by Gasteiger charge is -2.36. The molecule has 0 radical (unpaired) electrons. The van der Waals surface area contributed by atoms with E-state index in [1.54, 1.807) is 6.08 Å². The van der Waals surface area contributed by atoms with Gasteiger partial charge in [-0.15, -0.1) is 0 Å². The maximum absolute atomic E-state index is 11.9. The summed E-state index contributed by atoms with van der Waals surface area (Å²) in [4.78, 5) is 11.9. The summed E-state index contributed by atoms with van der Waals surface area (Å²) in [6.07, 6.45) is 4.24. The van der Waals surface area contributed by atoms with Crippen molar-refractivity contribution in [3.05, 3.63) is 119 Å². The van der Waals surface area contributed by atoms with Gasteiger partial charge in [0.15, 0.2) is 5.78 Å². The average Bonchev–Trinajstić information content (AvgIpc) is 2.77. The summed E-state index contributed by atoms with van der Waals surface area (Å²) >= 11 is 0. The minimum absolute atomic E-state index is 0.203. The minimum atomic E-state index is -0.731. The Bertz CT molecular complexity index is 847. The van der Waals surface area contributed by atoms with E-state index < -0.39 is 5.60 Å². The lowest BCUT2D eigenvalue weighted by molar-refractivity contribution is -0.115. The number of rotatable bonds is 6. The van der Waals surface area contributed by atoms with Crippen LogP contribution in [0.15, 0.2) is 103 Å². The van der Waals surface area contributed by atoms with Gasteiger partial charge in [-0.2, -0.15) is 0 Å². The van der Waals surface area contributed by atoms with Crippen molar-refractivity contribution in [2.75, 3.05) is 6.61 Å². The fourth-order valence-corrected chi connectivity index (χ4v) is 3.95. The summed E-state index contributed by atoms with van der Waals surface area (Å²) in [7, 11) is 0. The Hall–Kier alpha value is -2.97. The Balaban J connectivity index is 1.84. The first-order valence-electron chi connectivity index (χ1n) is 9.82. The normalized spacial score (nSPS) is 14.6. The predicted molar refractivity (Wildman–Crippen MR) is 112 cm³/mol. The second-order valence-corrected chi connectivity index (χ2v) is 7.19. The highest BCUT2D eigenvalue weighted by Gasteiger charge is 2.37. The molecule has 3 aromatic rings. The van der Waals surface area contributed by atoms with Crippen LogP contribution in [-0.2, 0) is 15.1 Å². The molecule has 0 fully saturated rings. The summed E-state index contributed by atoms with van der Waals surface area (Å²) in [5, 5.41) is 0. The van der Waals surface area contributed by atoms with Crippen molar-refractivity contribution >= 4 is 5.78 Å². The summed E-state index contributed by atoms with van der Waals surface area (Å²) < 4.78 is 6.76. The Morgan fingerprint density at radius 2 is 1.14 bits per heavy atom. The number of ether oxygens (including phenoxy) is 1. The molecule has 4 rings (SSSR count). The lowest BCUT2D eigenvalue weighted by atomic mass is 9.80. The van der Waals surface area contributed by atoms with E-state index in [1.807, 2.05) is 54.6 Å². The van der Waals surface area contributed by atoms with Crippen LogP contribution in [0.3, 0.4) is 0 Å². The summed E-state index contributed by atoms with van der Waals surface area (Å²) in [6.45, 7) is 0.435. The molecule has 0 unspecified atom stereocenters. The number of carbonyl (C=O) groups excluding carboxylic acids is 1. The molecule has 0 atom stereocenters. The topological polar surface area (TPSA) is 26.3 Å². The van der Waals surface area contributed by atoms with Gasteiger partial charge in [-0.25, -0.2) is 0 Å². The molecular weight excluding hydrogens is 344 g/mol. The molecule has 28 heavy (non-hydrogen) atoms. The molecule has 0 aromatic heterocycles. The highest BCUT2D eigenvalue weighted by Crippen LogP contribution is 2.41. The average molecular weight is 368 g/mol. The zero-order valence-corrected chi connectivity index (χ0v) is 15.9. The van der Waals surface area contributed by atoms with Gasteiger partial charge in [-0.05, 0) is 41.2 Å². The molecule has 0 amide bonds. The van der Waals surface area contributed by atoms with Crippen LogP contribution >= 0.6 is 0 Å². The molecule has 0 bridgehead atoms. The van der Waals surface area contributed by atoms with Crippen LogP contribution in [0, 0.1) is 0 Å². The number of hydrogen-bond donors (Lipinski definition) is 0. The third-order valence-corrected chi connectivity index (χ3v) is 5.30. The van der Waals surface area contributed by atoms with E-state index in [0.29, 0.717) is 13.0 Å². The van der Waals surface area contributed by atoms with Crippen molar-refractivity contribution in [1.29, 1.82) is 0 Å². The van der Waals surface area contributed by atoms with E-state index >= 15 is 0 Å². The van der Waals surface area contributed by atoms with Crippen LogP contribution in [0.2, 0.25) is 0 Å². The van der Waals surface area contributed by atoms with Crippen molar-refractivity contribution in [2.24, 2.45) is 0 Å². The van der Waals surface area contributed by atoms with Crippen molar-refractivity contribution in [1.82, 2.24) is 0 Å². The molecule has 0 aliphatic heterocycles. The Kier molecular flexibility index (Phi) is 5.50. The van der Waals surface area contributed by atoms with Gasteiger partial charge in [0.25, 0.3) is 0 Å². The van der Waals surface area contributed by atoms with Crippen molar-refractivity contribution in [3.8, 4) is 0 Å². The third-order valence-electron chi connectivity index (χ3n) is 5.30. The van der Waals surface area contributed by atoms with Crippen LogP contribution < -0.4 is 0 Å². The van der Waals surface area contributed by atoms with Crippen molar-refractivity contribution in [2.45, 2.75) is 24.9 Å². The highest BCUT2D eigenvalue weighted by atomic mass is 16.5. The van der Waals surface area contributed by atoms with E-state index in [1.165, 1.54) is 0 Å². The monoisotopic (exact) mass is 368 g/mol. The van der Waals surface area contributed by atoms with Crippen molar-refractivity contribution in [3.63, 3.8) is 0 Å². The molecule has 2 heteroatoms. The van der Waals surface area contributed by atoms with E-state index in [-0.39, 0.29) is 5.78 Å². The molecule has 1 aliphatic carbocycles. The van der Waals surface area contributed by atoms with Crippen LogP contribution in [0.25, 0.3) is 0 Å². The van der Waals surface area contributed by atoms with E-state index in [0.717, 1.165) is 35.1 Å². The van der Waals surface area contributed by atoms with Gasteiger partial charge in [0.1, 0.15) is 5.60 Å². The fourth-order valence-electron chi connectivity index (χ4n) is 3.95. The zero-order chi connectivity index (χ0) is 19.2. The smallest absolute Gasteiger partial charge is 0.155 e. The first kappa shape index (κ1) is 18.4. The number of ketones is 1. The number of carbonyl (C=O) groups is 1. The van der Waals surface area contributed by atoms with Gasteiger partial charge in [-0.3, -0.25) is 4.79 Å². The molecule has 0 N–H and O–H groups in total. The van der Waals surface area contributed by atoms with Gasteiger partial charge >= 0.3 is 0 Å². The van der Waals surface area contributed by atoms with Gasteiger partial charge in [0.05, 0.1) is 6.61 Å². The van der Waals surface area contributed by atoms with E-state index in [4.69, 9.17) is 4.74 Å². The van der Waals surface area contributed by atoms with Crippen LogP contribution in [0.5, 0.6) is 0 Å². The molecule has 140 valence electrons. The Morgan fingerprint density at radius 1 is 0.679 bits per heavy atom. The number of hydrogen-bond acceptors (Lipinski definition) is 2. The largest absolute Gasteiger partial charge is 0.356 e. The number of benzene rings is 3. The molecular formula is C26H24O2. The highest BCUT2D eigenvalue weighted by molar-refractivity contribution is 5.91. The second kappa shape index (κ2) is 8.37. The van der Waals surface area contributed by atoms with Crippen LogP contribution in [0.4, 0.5) is 0 Å². The standard InChI is InChI=1S/C26H24O2/c27-25-18-10-11-21(19-25)20-28-26(22-12-4-1-5-13-22,23-14-6-2-7-15-23)24-16-8-3-9-17-24/h1-9,12-17,19H,10-11,18,20H2. The molecule has 0 spiro atoms. The van der Waals surface area contributed by atoms with Crippen LogP contribution in [0.1, 0.15) is 36.0 Å². The summed E-state index contributed by atoms with van der Waals surface area (Å²) in [5.41, 5.74) is 3.58. The summed E-state index contributed by atoms with van der Waals surface area (Å²) in [6, 6.07) is 31.0. The maximum Gasteiger partial charge on any atom is 0.155 e. The second-order valence-electron chi connectivity index (χ2n) is 7.19. The fraction of sp³-hybridized carbons (Fsp3) is 0.192. The molecule has 3 aromatic carbocycles. The predicted octanol–water partition coefficient (Wildman–Crippen LogP) is 5.67. The molecule has 1 aliphatic rings. The van der Waals surface area contributed by atoms with Gasteiger partial charge in [-0.1, -0.05) is 91.0 Å². The third kappa shape index (κ3) is 3.69. The maximum atomic E-state index is 11.9. The first-order chi connectivity index (χ1) is 13.8. The first-order valence-corrected chi connectivity index (χ1v) is 9.82. The van der Waals surface area contributed by atoms with Gasteiger partial charge in [0, 0.05) is 6.42 Å². The molecule has 0 saturated carbocycles. The molecule has 2 nitrogen and oxygen atoms in total. The quantitative estimate of drug-likeness (QED) is 0.524. The molecule has 0 heterocycles. The van der Waals surface area contributed by atoms with Gasteiger partial charge in [0.2, 0.25) is 0 Å². The van der Waals surface area contributed by atoms with Gasteiger partial charge < -0.3 is 4.74 Å². The lowest BCUT2D eigenvalue weighted by Crippen LogP contribution is -2.33. The Morgan fingerprint density at radius 3 is 1.57 bits per heavy atom. The van der Waals surface area contributed by atoms with E-state index in [2.05, 4.69) is 36.4 Å².